The van der Waals surface area contributed by atoms with E-state index in [4.69, 9.17) is 11.2 Å². The molecule has 29 heavy (non-hydrogen) atoms. The summed E-state index contributed by atoms with van der Waals surface area (Å²) in [5, 5.41) is 2.84. The van der Waals surface area contributed by atoms with Crippen molar-refractivity contribution in [1.29, 1.82) is 0 Å². The molecule has 2 heterocycles. The van der Waals surface area contributed by atoms with Crippen molar-refractivity contribution in [3.63, 3.8) is 0 Å². The standard InChI is InChI=1S/C24H19N3O2/c1-3-18-7-4-8-20(14-18)26-24(28)19-9-11-22(12-10-19)29-16-21-15-27-13-5-6-17(2)23(27)25-21/h1,4-15H,16H2,2H3,(H,26,28). The number of imidazole rings is 1. The van der Waals surface area contributed by atoms with Crippen LogP contribution < -0.4 is 10.1 Å². The number of carbonyl (C=O) groups excluding carboxylic acids is 1. The Morgan fingerprint density at radius 1 is 1.17 bits per heavy atom. The highest BCUT2D eigenvalue weighted by Crippen LogP contribution is 2.17. The summed E-state index contributed by atoms with van der Waals surface area (Å²) < 4.78 is 7.80. The summed E-state index contributed by atoms with van der Waals surface area (Å²) >= 11 is 0. The maximum Gasteiger partial charge on any atom is 0.255 e. The lowest BCUT2D eigenvalue weighted by Crippen LogP contribution is -2.11. The number of hydrogen-bond acceptors (Lipinski definition) is 3. The lowest BCUT2D eigenvalue weighted by atomic mass is 10.1. The predicted octanol–water partition coefficient (Wildman–Crippen LogP) is 4.46. The fourth-order valence-corrected chi connectivity index (χ4v) is 3.02. The third-order valence-electron chi connectivity index (χ3n) is 4.52. The van der Waals surface area contributed by atoms with E-state index in [-0.39, 0.29) is 5.91 Å². The van der Waals surface area contributed by atoms with Crippen molar-refractivity contribution in [1.82, 2.24) is 9.38 Å². The molecule has 0 spiro atoms. The van der Waals surface area contributed by atoms with Crippen LogP contribution in [0.1, 0.15) is 27.2 Å². The van der Waals surface area contributed by atoms with Gasteiger partial charge in [-0.3, -0.25) is 4.79 Å². The highest BCUT2D eigenvalue weighted by molar-refractivity contribution is 6.04. The first-order chi connectivity index (χ1) is 14.1. The average Bonchev–Trinajstić information content (AvgIpc) is 3.17. The first kappa shape index (κ1) is 18.3. The van der Waals surface area contributed by atoms with Crippen LogP contribution in [0.4, 0.5) is 5.69 Å². The highest BCUT2D eigenvalue weighted by atomic mass is 16.5. The van der Waals surface area contributed by atoms with Gasteiger partial charge < -0.3 is 14.5 Å². The number of anilines is 1. The van der Waals surface area contributed by atoms with Crippen molar-refractivity contribution >= 4 is 17.2 Å². The second kappa shape index (κ2) is 7.91. The number of terminal acetylenes is 1. The van der Waals surface area contributed by atoms with Crippen LogP contribution in [0.25, 0.3) is 5.65 Å². The van der Waals surface area contributed by atoms with Crippen LogP contribution in [0, 0.1) is 19.3 Å². The van der Waals surface area contributed by atoms with Crippen LogP contribution in [0.3, 0.4) is 0 Å². The summed E-state index contributed by atoms with van der Waals surface area (Å²) in [4.78, 5) is 17.0. The van der Waals surface area contributed by atoms with Crippen LogP contribution in [0.15, 0.2) is 73.1 Å². The average molecular weight is 381 g/mol. The van der Waals surface area contributed by atoms with Crippen molar-refractivity contribution < 1.29 is 9.53 Å². The smallest absolute Gasteiger partial charge is 0.255 e. The summed E-state index contributed by atoms with van der Waals surface area (Å²) in [5.41, 5.74) is 4.79. The Morgan fingerprint density at radius 2 is 2.00 bits per heavy atom. The molecular formula is C24H19N3O2. The number of aromatic nitrogens is 2. The molecule has 0 saturated carbocycles. The number of carbonyl (C=O) groups is 1. The quantitative estimate of drug-likeness (QED) is 0.520. The van der Waals surface area contributed by atoms with Gasteiger partial charge in [0.05, 0.1) is 5.69 Å². The molecule has 5 heteroatoms. The topological polar surface area (TPSA) is 55.6 Å². The first-order valence-corrected chi connectivity index (χ1v) is 9.16. The third-order valence-corrected chi connectivity index (χ3v) is 4.52. The fourth-order valence-electron chi connectivity index (χ4n) is 3.02. The number of amides is 1. The van der Waals surface area contributed by atoms with E-state index in [0.717, 1.165) is 16.9 Å². The number of ether oxygens (including phenoxy) is 1. The second-order valence-electron chi connectivity index (χ2n) is 6.65. The molecule has 2 aromatic carbocycles. The number of pyridine rings is 1. The van der Waals surface area contributed by atoms with Gasteiger partial charge in [-0.1, -0.05) is 18.1 Å². The minimum absolute atomic E-state index is 0.207. The first-order valence-electron chi connectivity index (χ1n) is 9.16. The van der Waals surface area contributed by atoms with Crippen molar-refractivity contribution in [3.8, 4) is 18.1 Å². The fraction of sp³-hybridized carbons (Fsp3) is 0.0833. The van der Waals surface area contributed by atoms with Gasteiger partial charge in [-0.2, -0.15) is 0 Å². The molecule has 4 aromatic rings. The Bertz CT molecular complexity index is 1220. The Hall–Kier alpha value is -4.04. The molecule has 1 N–H and O–H groups in total. The van der Waals surface area contributed by atoms with Crippen LogP contribution in [0.5, 0.6) is 5.75 Å². The highest BCUT2D eigenvalue weighted by Gasteiger charge is 2.08. The monoisotopic (exact) mass is 381 g/mol. The van der Waals surface area contributed by atoms with Crippen molar-refractivity contribution in [3.05, 3.63) is 95.4 Å². The minimum atomic E-state index is -0.207. The lowest BCUT2D eigenvalue weighted by Gasteiger charge is -2.07. The van der Waals surface area contributed by atoms with Gasteiger partial charge in [-0.15, -0.1) is 6.42 Å². The Morgan fingerprint density at radius 3 is 2.76 bits per heavy atom. The van der Waals surface area contributed by atoms with E-state index in [1.54, 1.807) is 36.4 Å². The molecule has 1 amide bonds. The summed E-state index contributed by atoms with van der Waals surface area (Å²) in [6.45, 7) is 2.38. The SMILES string of the molecule is C#Cc1cccc(NC(=O)c2ccc(OCc3cn4cccc(C)c4n3)cc2)c1. The van der Waals surface area contributed by atoms with Gasteiger partial charge in [-0.25, -0.2) is 4.98 Å². The van der Waals surface area contributed by atoms with Gasteiger partial charge in [0.15, 0.2) is 0 Å². The van der Waals surface area contributed by atoms with Gasteiger partial charge in [0, 0.05) is 29.2 Å². The van der Waals surface area contributed by atoms with Gasteiger partial charge >= 0.3 is 0 Å². The number of nitrogens with zero attached hydrogens (tertiary/aromatic N) is 2. The van der Waals surface area contributed by atoms with Crippen LogP contribution in [-0.2, 0) is 6.61 Å². The van der Waals surface area contributed by atoms with Crippen LogP contribution in [-0.4, -0.2) is 15.3 Å². The zero-order chi connectivity index (χ0) is 20.2. The molecule has 0 bridgehead atoms. The van der Waals surface area contributed by atoms with E-state index >= 15 is 0 Å². The van der Waals surface area contributed by atoms with Gasteiger partial charge in [0.2, 0.25) is 0 Å². The Kier molecular flexibility index (Phi) is 5.00. The molecule has 0 fully saturated rings. The normalized spacial score (nSPS) is 10.5. The largest absolute Gasteiger partial charge is 0.487 e. The van der Waals surface area contributed by atoms with Crippen molar-refractivity contribution in [2.75, 3.05) is 5.32 Å². The van der Waals surface area contributed by atoms with E-state index in [1.165, 1.54) is 0 Å². The summed E-state index contributed by atoms with van der Waals surface area (Å²) in [7, 11) is 0. The number of benzene rings is 2. The summed E-state index contributed by atoms with van der Waals surface area (Å²) in [6, 6.07) is 18.2. The maximum atomic E-state index is 12.4. The number of nitrogens with one attached hydrogen (secondary N) is 1. The van der Waals surface area contributed by atoms with E-state index in [0.29, 0.717) is 29.2 Å². The molecule has 0 aliphatic carbocycles. The molecule has 0 atom stereocenters. The molecule has 0 saturated heterocycles. The van der Waals surface area contributed by atoms with E-state index in [1.807, 2.05) is 48.0 Å². The van der Waals surface area contributed by atoms with Crippen LogP contribution in [0.2, 0.25) is 0 Å². The van der Waals surface area contributed by atoms with E-state index in [2.05, 4.69) is 16.2 Å². The molecule has 2 aromatic heterocycles. The molecule has 0 unspecified atom stereocenters. The van der Waals surface area contributed by atoms with E-state index < -0.39 is 0 Å². The van der Waals surface area contributed by atoms with Crippen molar-refractivity contribution in [2.24, 2.45) is 0 Å². The molecule has 0 aliphatic heterocycles. The van der Waals surface area contributed by atoms with Crippen LogP contribution >= 0.6 is 0 Å². The minimum Gasteiger partial charge on any atom is -0.487 e. The number of hydrogen-bond donors (Lipinski definition) is 1. The second-order valence-corrected chi connectivity index (χ2v) is 6.65. The molecule has 4 rings (SSSR count). The molecule has 0 radical (unpaired) electrons. The summed E-state index contributed by atoms with van der Waals surface area (Å²) in [6.07, 6.45) is 9.31. The molecule has 0 aliphatic rings. The van der Waals surface area contributed by atoms with Gasteiger partial charge in [0.25, 0.3) is 5.91 Å². The number of aryl methyl sites for hydroxylation is 1. The molecule has 142 valence electrons. The molecular weight excluding hydrogens is 362 g/mol. The number of rotatable bonds is 5. The van der Waals surface area contributed by atoms with Crippen molar-refractivity contribution in [2.45, 2.75) is 13.5 Å². The zero-order valence-electron chi connectivity index (χ0n) is 15.9. The Labute approximate surface area is 169 Å². The maximum absolute atomic E-state index is 12.4. The zero-order valence-corrected chi connectivity index (χ0v) is 15.9. The predicted molar refractivity (Wildman–Crippen MR) is 113 cm³/mol. The summed E-state index contributed by atoms with van der Waals surface area (Å²) in [5.74, 6) is 3.02. The Balaban J connectivity index is 1.40. The van der Waals surface area contributed by atoms with Gasteiger partial charge in [0.1, 0.15) is 18.0 Å². The van der Waals surface area contributed by atoms with Gasteiger partial charge in [-0.05, 0) is 61.0 Å². The number of fused-ring (bicyclic) bond motifs is 1. The molecule has 5 nitrogen and oxygen atoms in total. The lowest BCUT2D eigenvalue weighted by molar-refractivity contribution is 0.102. The third kappa shape index (κ3) is 4.12. The van der Waals surface area contributed by atoms with E-state index in [9.17, 15) is 4.79 Å².